The summed E-state index contributed by atoms with van der Waals surface area (Å²) in [7, 11) is 1.62. The zero-order valence-electron chi connectivity index (χ0n) is 12.3. The SMILES string of the molecule is CCCNc1cc(NCCc2ncon2)nc(COC)n1. The number of nitrogens with zero attached hydrogens (tertiary/aromatic N) is 4. The van der Waals surface area contributed by atoms with Crippen LogP contribution in [0, 0.1) is 0 Å². The number of hydrogen-bond donors (Lipinski definition) is 2. The summed E-state index contributed by atoms with van der Waals surface area (Å²) in [5, 5.41) is 10.2. The minimum Gasteiger partial charge on any atom is -0.377 e. The number of ether oxygens (including phenoxy) is 1. The van der Waals surface area contributed by atoms with E-state index in [0.717, 1.165) is 24.6 Å². The van der Waals surface area contributed by atoms with Crippen LogP contribution in [0.2, 0.25) is 0 Å². The van der Waals surface area contributed by atoms with E-state index in [1.54, 1.807) is 7.11 Å². The molecule has 0 unspecified atom stereocenters. The largest absolute Gasteiger partial charge is 0.377 e. The van der Waals surface area contributed by atoms with E-state index >= 15 is 0 Å². The molecule has 114 valence electrons. The lowest BCUT2D eigenvalue weighted by molar-refractivity contribution is 0.178. The van der Waals surface area contributed by atoms with Gasteiger partial charge in [-0.15, -0.1) is 0 Å². The van der Waals surface area contributed by atoms with Crippen LogP contribution >= 0.6 is 0 Å². The smallest absolute Gasteiger partial charge is 0.213 e. The van der Waals surface area contributed by atoms with Crippen LogP contribution in [0.25, 0.3) is 0 Å². The van der Waals surface area contributed by atoms with Gasteiger partial charge < -0.3 is 19.9 Å². The van der Waals surface area contributed by atoms with Gasteiger partial charge in [0.15, 0.2) is 11.6 Å². The van der Waals surface area contributed by atoms with Crippen LogP contribution in [-0.4, -0.2) is 40.3 Å². The van der Waals surface area contributed by atoms with Gasteiger partial charge in [0.25, 0.3) is 0 Å². The lowest BCUT2D eigenvalue weighted by Crippen LogP contribution is -2.11. The highest BCUT2D eigenvalue weighted by Crippen LogP contribution is 2.12. The number of rotatable bonds is 9. The maximum absolute atomic E-state index is 5.09. The van der Waals surface area contributed by atoms with Crippen LogP contribution in [0.5, 0.6) is 0 Å². The van der Waals surface area contributed by atoms with Crippen LogP contribution in [0.4, 0.5) is 11.6 Å². The molecule has 2 heterocycles. The third kappa shape index (κ3) is 4.99. The van der Waals surface area contributed by atoms with Crippen LogP contribution in [-0.2, 0) is 17.8 Å². The molecule has 0 radical (unpaired) electrons. The molecular weight excluding hydrogens is 272 g/mol. The highest BCUT2D eigenvalue weighted by molar-refractivity contribution is 5.47. The second-order valence-electron chi connectivity index (χ2n) is 4.44. The zero-order chi connectivity index (χ0) is 14.9. The quantitative estimate of drug-likeness (QED) is 0.717. The van der Waals surface area contributed by atoms with Gasteiger partial charge >= 0.3 is 0 Å². The van der Waals surface area contributed by atoms with Gasteiger partial charge in [-0.25, -0.2) is 9.97 Å². The Morgan fingerprint density at radius 1 is 1.14 bits per heavy atom. The van der Waals surface area contributed by atoms with Crippen molar-refractivity contribution < 1.29 is 9.26 Å². The first-order valence-electron chi connectivity index (χ1n) is 6.91. The van der Waals surface area contributed by atoms with E-state index in [1.165, 1.54) is 6.39 Å². The van der Waals surface area contributed by atoms with Crippen LogP contribution < -0.4 is 10.6 Å². The fourth-order valence-corrected chi connectivity index (χ4v) is 1.73. The van der Waals surface area contributed by atoms with Crippen molar-refractivity contribution in [2.24, 2.45) is 0 Å². The molecule has 8 nitrogen and oxygen atoms in total. The van der Waals surface area contributed by atoms with Gasteiger partial charge in [-0.1, -0.05) is 12.1 Å². The molecule has 0 fully saturated rings. The maximum Gasteiger partial charge on any atom is 0.213 e. The van der Waals surface area contributed by atoms with Crippen molar-refractivity contribution >= 4 is 11.6 Å². The Morgan fingerprint density at radius 2 is 1.90 bits per heavy atom. The van der Waals surface area contributed by atoms with Crippen LogP contribution in [0.1, 0.15) is 25.0 Å². The molecule has 0 aliphatic carbocycles. The second kappa shape index (κ2) is 8.15. The van der Waals surface area contributed by atoms with E-state index in [1.807, 2.05) is 6.07 Å². The monoisotopic (exact) mass is 292 g/mol. The predicted molar refractivity (Wildman–Crippen MR) is 78.0 cm³/mol. The predicted octanol–water partition coefficient (Wildman–Crippen LogP) is 1.48. The topological polar surface area (TPSA) is 98.0 Å². The fraction of sp³-hybridized carbons (Fsp3) is 0.538. The molecular formula is C13H20N6O2. The van der Waals surface area contributed by atoms with Gasteiger partial charge in [0.05, 0.1) is 0 Å². The summed E-state index contributed by atoms with van der Waals surface area (Å²) in [5.41, 5.74) is 0. The molecule has 8 heteroatoms. The summed E-state index contributed by atoms with van der Waals surface area (Å²) in [5.74, 6) is 2.85. The standard InChI is InChI=1S/C13H20N6O2/c1-3-5-14-11-7-12(18-13(17-11)8-20-2)15-6-4-10-16-9-21-19-10/h7,9H,3-6,8H2,1-2H3,(H2,14,15,17,18). The van der Waals surface area contributed by atoms with E-state index in [4.69, 9.17) is 9.26 Å². The minimum atomic E-state index is 0.376. The molecule has 2 N–H and O–H groups in total. The Hall–Kier alpha value is -2.22. The van der Waals surface area contributed by atoms with Crippen molar-refractivity contribution in [1.82, 2.24) is 20.1 Å². The lowest BCUT2D eigenvalue weighted by Gasteiger charge is -2.10. The van der Waals surface area contributed by atoms with E-state index in [9.17, 15) is 0 Å². The van der Waals surface area contributed by atoms with Crippen LogP contribution in [0.3, 0.4) is 0 Å². The molecule has 2 aromatic heterocycles. The molecule has 0 aliphatic heterocycles. The van der Waals surface area contributed by atoms with Gasteiger partial charge in [0, 0.05) is 32.7 Å². The molecule has 2 rings (SSSR count). The third-order valence-electron chi connectivity index (χ3n) is 2.66. The molecule has 0 aromatic carbocycles. The first-order chi connectivity index (χ1) is 10.3. The highest BCUT2D eigenvalue weighted by atomic mass is 16.5. The maximum atomic E-state index is 5.09. The molecule has 0 amide bonds. The van der Waals surface area contributed by atoms with Crippen molar-refractivity contribution in [1.29, 1.82) is 0 Å². The van der Waals surface area contributed by atoms with Crippen molar-refractivity contribution in [2.45, 2.75) is 26.4 Å². The Balaban J connectivity index is 1.97. The van der Waals surface area contributed by atoms with Crippen LogP contribution in [0.15, 0.2) is 17.0 Å². The first-order valence-corrected chi connectivity index (χ1v) is 6.91. The van der Waals surface area contributed by atoms with Gasteiger partial charge in [0.1, 0.15) is 18.2 Å². The summed E-state index contributed by atoms with van der Waals surface area (Å²) in [4.78, 5) is 12.8. The average molecular weight is 292 g/mol. The average Bonchev–Trinajstić information content (AvgIpc) is 2.99. The lowest BCUT2D eigenvalue weighted by atomic mass is 10.4. The van der Waals surface area contributed by atoms with Crippen molar-refractivity contribution in [3.8, 4) is 0 Å². The number of hydrogen-bond acceptors (Lipinski definition) is 8. The van der Waals surface area contributed by atoms with Gasteiger partial charge in [-0.2, -0.15) is 4.98 Å². The fourth-order valence-electron chi connectivity index (χ4n) is 1.73. The number of aromatic nitrogens is 4. The Morgan fingerprint density at radius 3 is 2.52 bits per heavy atom. The molecule has 0 atom stereocenters. The van der Waals surface area contributed by atoms with Gasteiger partial charge in [-0.3, -0.25) is 0 Å². The zero-order valence-corrected chi connectivity index (χ0v) is 12.3. The van der Waals surface area contributed by atoms with Crippen molar-refractivity contribution in [3.63, 3.8) is 0 Å². The summed E-state index contributed by atoms with van der Waals surface area (Å²) in [6.07, 6.45) is 3.02. The summed E-state index contributed by atoms with van der Waals surface area (Å²) in [6.45, 7) is 4.01. The van der Waals surface area contributed by atoms with E-state index < -0.39 is 0 Å². The highest BCUT2D eigenvalue weighted by Gasteiger charge is 2.05. The second-order valence-corrected chi connectivity index (χ2v) is 4.44. The Labute approximate surface area is 123 Å². The Bertz CT molecular complexity index is 531. The first kappa shape index (κ1) is 15.2. The normalized spacial score (nSPS) is 10.6. The summed E-state index contributed by atoms with van der Waals surface area (Å²) < 4.78 is 9.78. The summed E-state index contributed by atoms with van der Waals surface area (Å²) in [6, 6.07) is 1.88. The minimum absolute atomic E-state index is 0.376. The molecule has 2 aromatic rings. The van der Waals surface area contributed by atoms with Crippen molar-refractivity contribution in [3.05, 3.63) is 24.1 Å². The summed E-state index contributed by atoms with van der Waals surface area (Å²) >= 11 is 0. The van der Waals surface area contributed by atoms with E-state index in [0.29, 0.717) is 31.2 Å². The van der Waals surface area contributed by atoms with Gasteiger partial charge in [-0.05, 0) is 6.42 Å². The molecule has 0 bridgehead atoms. The van der Waals surface area contributed by atoms with E-state index in [2.05, 4.69) is 37.7 Å². The number of methoxy groups -OCH3 is 1. The van der Waals surface area contributed by atoms with Gasteiger partial charge in [0.2, 0.25) is 6.39 Å². The molecule has 0 spiro atoms. The molecule has 0 aliphatic rings. The van der Waals surface area contributed by atoms with Crippen molar-refractivity contribution in [2.75, 3.05) is 30.8 Å². The Kier molecular flexibility index (Phi) is 5.89. The number of nitrogens with one attached hydrogen (secondary N) is 2. The third-order valence-corrected chi connectivity index (χ3v) is 2.66. The molecule has 0 saturated carbocycles. The molecule has 0 saturated heterocycles. The molecule has 21 heavy (non-hydrogen) atoms. The van der Waals surface area contributed by atoms with E-state index in [-0.39, 0.29) is 0 Å². The number of anilines is 2.